The fourth-order valence-corrected chi connectivity index (χ4v) is 3.25. The number of methoxy groups -OCH3 is 1. The zero-order valence-corrected chi connectivity index (χ0v) is 16.9. The number of ether oxygens (including phenoxy) is 1. The lowest BCUT2D eigenvalue weighted by atomic mass is 10.1. The number of hydrogen-bond acceptors (Lipinski definition) is 5. The highest BCUT2D eigenvalue weighted by Crippen LogP contribution is 2.17. The second-order valence-corrected chi connectivity index (χ2v) is 8.35. The van der Waals surface area contributed by atoms with Crippen LogP contribution in [0.4, 0.5) is 0 Å². The van der Waals surface area contributed by atoms with Crippen molar-refractivity contribution in [2.75, 3.05) is 19.9 Å². The van der Waals surface area contributed by atoms with E-state index in [4.69, 9.17) is 4.74 Å². The van der Waals surface area contributed by atoms with Gasteiger partial charge in [0.05, 0.1) is 23.6 Å². The third kappa shape index (κ3) is 5.82. The molecule has 0 fully saturated rings. The Hall–Kier alpha value is -2.87. The van der Waals surface area contributed by atoms with Crippen molar-refractivity contribution in [1.82, 2.24) is 10.6 Å². The summed E-state index contributed by atoms with van der Waals surface area (Å²) >= 11 is 0. The largest absolute Gasteiger partial charge is 0.496 e. The Bertz CT molecular complexity index is 939. The normalized spacial score (nSPS) is 12.1. The molecule has 1 atom stereocenters. The minimum atomic E-state index is -3.25. The van der Waals surface area contributed by atoms with Crippen LogP contribution in [0.1, 0.15) is 35.3 Å². The van der Waals surface area contributed by atoms with Gasteiger partial charge < -0.3 is 15.4 Å². The van der Waals surface area contributed by atoms with Gasteiger partial charge in [-0.05, 0) is 36.8 Å². The third-order valence-corrected chi connectivity index (χ3v) is 5.30. The maximum atomic E-state index is 12.2. The second kappa shape index (κ2) is 9.36. The van der Waals surface area contributed by atoms with Crippen molar-refractivity contribution in [1.29, 1.82) is 0 Å². The van der Waals surface area contributed by atoms with E-state index in [0.717, 1.165) is 11.8 Å². The van der Waals surface area contributed by atoms with Gasteiger partial charge in [-0.15, -0.1) is 0 Å². The first kappa shape index (κ1) is 21.4. The zero-order chi connectivity index (χ0) is 20.7. The highest BCUT2D eigenvalue weighted by atomic mass is 32.2. The minimum Gasteiger partial charge on any atom is -0.496 e. The number of nitrogens with one attached hydrogen (secondary N) is 2. The lowest BCUT2D eigenvalue weighted by Gasteiger charge is -2.15. The smallest absolute Gasteiger partial charge is 0.255 e. The third-order valence-electron chi connectivity index (χ3n) is 4.17. The van der Waals surface area contributed by atoms with Gasteiger partial charge in [-0.2, -0.15) is 0 Å². The Balaban J connectivity index is 1.84. The van der Waals surface area contributed by atoms with Crippen LogP contribution in [-0.4, -0.2) is 40.1 Å². The van der Waals surface area contributed by atoms with E-state index < -0.39 is 9.84 Å². The molecular formula is C20H24N2O5S. The average molecular weight is 404 g/mol. The van der Waals surface area contributed by atoms with Crippen molar-refractivity contribution in [3.05, 3.63) is 59.7 Å². The van der Waals surface area contributed by atoms with Crippen molar-refractivity contribution < 1.29 is 22.7 Å². The topological polar surface area (TPSA) is 102 Å². The number of para-hydroxylation sites is 1. The molecule has 2 aromatic rings. The summed E-state index contributed by atoms with van der Waals surface area (Å²) in [4.78, 5) is 24.5. The van der Waals surface area contributed by atoms with Crippen molar-refractivity contribution in [3.8, 4) is 5.75 Å². The maximum Gasteiger partial charge on any atom is 0.255 e. The highest BCUT2D eigenvalue weighted by molar-refractivity contribution is 7.90. The Morgan fingerprint density at radius 3 is 2.32 bits per heavy atom. The summed E-state index contributed by atoms with van der Waals surface area (Å²) in [6.45, 7) is 1.99. The predicted molar refractivity (Wildman–Crippen MR) is 106 cm³/mol. The molecule has 0 heterocycles. The first-order valence-corrected chi connectivity index (χ1v) is 10.6. The van der Waals surface area contributed by atoms with Gasteiger partial charge in [0.1, 0.15) is 5.75 Å². The lowest BCUT2D eigenvalue weighted by Crippen LogP contribution is -2.32. The minimum absolute atomic E-state index is 0.118. The quantitative estimate of drug-likeness (QED) is 0.702. The van der Waals surface area contributed by atoms with Crippen LogP contribution in [0.15, 0.2) is 53.4 Å². The van der Waals surface area contributed by atoms with Crippen molar-refractivity contribution in [2.45, 2.75) is 24.3 Å². The molecular weight excluding hydrogens is 380 g/mol. The van der Waals surface area contributed by atoms with Crippen LogP contribution in [0.5, 0.6) is 5.75 Å². The maximum absolute atomic E-state index is 12.2. The first-order valence-electron chi connectivity index (χ1n) is 8.73. The Labute approximate surface area is 165 Å². The fraction of sp³-hybridized carbons (Fsp3) is 0.300. The molecule has 2 N–H and O–H groups in total. The van der Waals surface area contributed by atoms with Crippen molar-refractivity contribution in [3.63, 3.8) is 0 Å². The van der Waals surface area contributed by atoms with E-state index in [1.807, 2.05) is 0 Å². The van der Waals surface area contributed by atoms with E-state index in [2.05, 4.69) is 10.6 Å². The summed E-state index contributed by atoms with van der Waals surface area (Å²) < 4.78 is 28.1. The number of carbonyl (C=O) groups excluding carboxylic acids is 2. The summed E-state index contributed by atoms with van der Waals surface area (Å²) in [6.07, 6.45) is 1.26. The molecule has 0 aromatic heterocycles. The van der Waals surface area contributed by atoms with Crippen LogP contribution in [-0.2, 0) is 14.6 Å². The molecule has 0 bridgehead atoms. The molecule has 0 radical (unpaired) electrons. The van der Waals surface area contributed by atoms with Gasteiger partial charge in [-0.1, -0.05) is 24.3 Å². The van der Waals surface area contributed by atoms with Crippen LogP contribution in [0.25, 0.3) is 0 Å². The summed E-state index contributed by atoms with van der Waals surface area (Å²) in [5.74, 6) is -0.0645. The number of amides is 2. The van der Waals surface area contributed by atoms with Gasteiger partial charge in [0.25, 0.3) is 5.91 Å². The van der Waals surface area contributed by atoms with E-state index in [9.17, 15) is 18.0 Å². The number of carbonyl (C=O) groups is 2. The predicted octanol–water partition coefficient (Wildman–Crippen LogP) is 2.10. The summed E-state index contributed by atoms with van der Waals surface area (Å²) in [5.41, 5.74) is 1.20. The van der Waals surface area contributed by atoms with Crippen LogP contribution < -0.4 is 15.4 Å². The van der Waals surface area contributed by atoms with Gasteiger partial charge in [0.15, 0.2) is 9.84 Å². The number of benzene rings is 2. The number of sulfone groups is 1. The molecule has 0 spiro atoms. The van der Waals surface area contributed by atoms with Crippen LogP contribution in [0, 0.1) is 0 Å². The summed E-state index contributed by atoms with van der Waals surface area (Å²) in [5, 5.41) is 5.52. The van der Waals surface area contributed by atoms with E-state index in [1.54, 1.807) is 43.3 Å². The van der Waals surface area contributed by atoms with E-state index in [1.165, 1.54) is 19.2 Å². The van der Waals surface area contributed by atoms with Crippen molar-refractivity contribution >= 4 is 21.7 Å². The number of hydrogen-bond donors (Lipinski definition) is 2. The van der Waals surface area contributed by atoms with Crippen LogP contribution >= 0.6 is 0 Å². The fourth-order valence-electron chi connectivity index (χ4n) is 2.62. The van der Waals surface area contributed by atoms with Gasteiger partial charge in [-0.3, -0.25) is 9.59 Å². The molecule has 0 aliphatic rings. The van der Waals surface area contributed by atoms with Gasteiger partial charge in [0.2, 0.25) is 5.91 Å². The van der Waals surface area contributed by atoms with E-state index >= 15 is 0 Å². The summed E-state index contributed by atoms with van der Waals surface area (Å²) in [6, 6.07) is 12.9. The van der Waals surface area contributed by atoms with Gasteiger partial charge in [0, 0.05) is 19.2 Å². The highest BCUT2D eigenvalue weighted by Gasteiger charge is 2.14. The average Bonchev–Trinajstić information content (AvgIpc) is 2.67. The van der Waals surface area contributed by atoms with Gasteiger partial charge in [-0.25, -0.2) is 8.42 Å². The molecule has 0 saturated heterocycles. The number of rotatable bonds is 8. The second-order valence-electron chi connectivity index (χ2n) is 6.34. The molecule has 2 rings (SSSR count). The van der Waals surface area contributed by atoms with Crippen LogP contribution in [0.3, 0.4) is 0 Å². The molecule has 2 amide bonds. The first-order chi connectivity index (χ1) is 13.2. The van der Waals surface area contributed by atoms with E-state index in [-0.39, 0.29) is 35.7 Å². The molecule has 28 heavy (non-hydrogen) atoms. The molecule has 8 heteroatoms. The summed E-state index contributed by atoms with van der Waals surface area (Å²) in [7, 11) is -1.76. The molecule has 0 saturated carbocycles. The van der Waals surface area contributed by atoms with Crippen molar-refractivity contribution in [2.24, 2.45) is 0 Å². The molecule has 7 nitrogen and oxygen atoms in total. The van der Waals surface area contributed by atoms with Gasteiger partial charge >= 0.3 is 0 Å². The van der Waals surface area contributed by atoms with E-state index in [0.29, 0.717) is 11.3 Å². The molecule has 150 valence electrons. The lowest BCUT2D eigenvalue weighted by molar-refractivity contribution is -0.121. The Kier molecular flexibility index (Phi) is 7.17. The standard InChI is InChI=1S/C20H24N2O5S/c1-14(15-8-10-16(11-9-15)28(3,25)26)22-19(23)12-13-21-20(24)17-6-4-5-7-18(17)27-2/h4-11,14H,12-13H2,1-3H3,(H,21,24)(H,22,23). The molecule has 1 unspecified atom stereocenters. The molecule has 2 aromatic carbocycles. The van der Waals surface area contributed by atoms with Crippen LogP contribution in [0.2, 0.25) is 0 Å². The monoisotopic (exact) mass is 404 g/mol. The molecule has 0 aliphatic carbocycles. The Morgan fingerprint density at radius 2 is 1.71 bits per heavy atom. The Morgan fingerprint density at radius 1 is 1.07 bits per heavy atom. The molecule has 0 aliphatic heterocycles. The zero-order valence-electron chi connectivity index (χ0n) is 16.1. The SMILES string of the molecule is COc1ccccc1C(=O)NCCC(=O)NC(C)c1ccc(S(C)(=O)=O)cc1.